The number of rotatable bonds is 5. The molecule has 1 amide bonds. The molecule has 0 spiro atoms. The first-order chi connectivity index (χ1) is 8.81. The molecule has 0 heterocycles. The number of carbonyl (C=O) groups is 2. The van der Waals surface area contributed by atoms with Gasteiger partial charge in [0.05, 0.1) is 0 Å². The Morgan fingerprint density at radius 1 is 1.47 bits per heavy atom. The molecule has 4 N–H and O–H groups in total. The molecule has 1 rings (SSSR count). The van der Waals surface area contributed by atoms with Crippen molar-refractivity contribution < 1.29 is 19.1 Å². The Kier molecular flexibility index (Phi) is 5.00. The van der Waals surface area contributed by atoms with E-state index in [1.807, 2.05) is 0 Å². The highest BCUT2D eigenvalue weighted by Crippen LogP contribution is 2.21. The minimum Gasteiger partial charge on any atom is -0.480 e. The smallest absolute Gasteiger partial charge is 0.320 e. The third-order valence-corrected chi connectivity index (χ3v) is 2.81. The minimum absolute atomic E-state index is 0.207. The molecular weight excluding hydrogens is 251 g/mol. The molecule has 0 aromatic heterocycles. The van der Waals surface area contributed by atoms with E-state index in [0.29, 0.717) is 23.2 Å². The number of carboxylic acids is 1. The van der Waals surface area contributed by atoms with E-state index in [2.05, 4.69) is 5.32 Å². The molecule has 0 aliphatic rings. The molecule has 6 heteroatoms. The molecule has 1 unspecified atom stereocenters. The Bertz CT molecular complexity index is 503. The Hall–Kier alpha value is -1.95. The van der Waals surface area contributed by atoms with Gasteiger partial charge in [-0.25, -0.2) is 4.39 Å². The van der Waals surface area contributed by atoms with Crippen LogP contribution in [0.2, 0.25) is 0 Å². The lowest BCUT2D eigenvalue weighted by Crippen LogP contribution is -2.30. The summed E-state index contributed by atoms with van der Waals surface area (Å²) < 4.78 is 13.7. The number of hydrogen-bond donors (Lipinski definition) is 3. The first-order valence-corrected chi connectivity index (χ1v) is 5.86. The van der Waals surface area contributed by atoms with Gasteiger partial charge in [-0.2, -0.15) is 0 Å². The van der Waals surface area contributed by atoms with Crippen molar-refractivity contribution in [2.24, 2.45) is 5.73 Å². The first-order valence-electron chi connectivity index (χ1n) is 5.86. The van der Waals surface area contributed by atoms with Gasteiger partial charge >= 0.3 is 5.97 Å². The second-order valence-electron chi connectivity index (χ2n) is 4.41. The van der Waals surface area contributed by atoms with Crippen LogP contribution in [0.3, 0.4) is 0 Å². The van der Waals surface area contributed by atoms with Gasteiger partial charge in [-0.3, -0.25) is 9.59 Å². The van der Waals surface area contributed by atoms with E-state index in [-0.39, 0.29) is 12.3 Å². The van der Waals surface area contributed by atoms with Gasteiger partial charge in [0.25, 0.3) is 0 Å². The van der Waals surface area contributed by atoms with Gasteiger partial charge in [-0.1, -0.05) is 0 Å². The van der Waals surface area contributed by atoms with Crippen molar-refractivity contribution in [3.8, 4) is 0 Å². The van der Waals surface area contributed by atoms with Crippen LogP contribution in [-0.2, 0) is 16.0 Å². The number of amides is 1. The topological polar surface area (TPSA) is 92.4 Å². The van der Waals surface area contributed by atoms with Gasteiger partial charge < -0.3 is 16.2 Å². The highest BCUT2D eigenvalue weighted by atomic mass is 19.1. The summed E-state index contributed by atoms with van der Waals surface area (Å²) in [4.78, 5) is 21.6. The van der Waals surface area contributed by atoms with E-state index in [0.717, 1.165) is 0 Å². The van der Waals surface area contributed by atoms with Crippen molar-refractivity contribution in [1.82, 2.24) is 0 Å². The maximum Gasteiger partial charge on any atom is 0.320 e. The molecule has 1 aromatic rings. The fourth-order valence-electron chi connectivity index (χ4n) is 1.71. The van der Waals surface area contributed by atoms with E-state index in [4.69, 9.17) is 10.8 Å². The number of halogens is 1. The lowest BCUT2D eigenvalue weighted by molar-refractivity contribution is -0.138. The Morgan fingerprint density at radius 3 is 2.63 bits per heavy atom. The lowest BCUT2D eigenvalue weighted by Gasteiger charge is -2.12. The monoisotopic (exact) mass is 268 g/mol. The number of nitrogens with one attached hydrogen (secondary N) is 1. The van der Waals surface area contributed by atoms with E-state index >= 15 is 0 Å². The number of hydrogen-bond acceptors (Lipinski definition) is 3. The molecule has 0 bridgehead atoms. The fraction of sp³-hybridized carbons (Fsp3) is 0.385. The summed E-state index contributed by atoms with van der Waals surface area (Å²) in [7, 11) is 0. The van der Waals surface area contributed by atoms with Crippen LogP contribution in [0.4, 0.5) is 10.1 Å². The SMILES string of the molecule is CC(=O)Nc1cc(F)c(C)c(CCC(N)C(=O)O)c1. The van der Waals surface area contributed by atoms with Crippen LogP contribution in [0.25, 0.3) is 0 Å². The molecule has 104 valence electrons. The molecule has 0 saturated carbocycles. The zero-order valence-corrected chi connectivity index (χ0v) is 10.9. The van der Waals surface area contributed by atoms with Crippen molar-refractivity contribution in [3.05, 3.63) is 29.1 Å². The quantitative estimate of drug-likeness (QED) is 0.753. The Labute approximate surface area is 110 Å². The van der Waals surface area contributed by atoms with Crippen LogP contribution in [0, 0.1) is 12.7 Å². The standard InChI is InChI=1S/C13H17FN2O3/c1-7-9(3-4-12(15)13(18)19)5-10(6-11(7)14)16-8(2)17/h5-6,12H,3-4,15H2,1-2H3,(H,16,17)(H,18,19). The molecule has 1 aromatic carbocycles. The molecule has 0 aliphatic carbocycles. The molecule has 0 radical (unpaired) electrons. The molecule has 1 atom stereocenters. The normalized spacial score (nSPS) is 12.0. The highest BCUT2D eigenvalue weighted by molar-refractivity contribution is 5.88. The van der Waals surface area contributed by atoms with Crippen LogP contribution < -0.4 is 11.1 Å². The van der Waals surface area contributed by atoms with Crippen LogP contribution in [-0.4, -0.2) is 23.0 Å². The zero-order chi connectivity index (χ0) is 14.6. The fourth-order valence-corrected chi connectivity index (χ4v) is 1.71. The van der Waals surface area contributed by atoms with Crippen molar-refractivity contribution in [2.45, 2.75) is 32.7 Å². The number of nitrogens with two attached hydrogens (primary N) is 1. The average Bonchev–Trinajstić information content (AvgIpc) is 2.30. The summed E-state index contributed by atoms with van der Waals surface area (Å²) in [6, 6.07) is 1.89. The maximum atomic E-state index is 13.7. The van der Waals surface area contributed by atoms with E-state index in [1.165, 1.54) is 13.0 Å². The van der Waals surface area contributed by atoms with Crippen molar-refractivity contribution >= 4 is 17.6 Å². The van der Waals surface area contributed by atoms with E-state index in [9.17, 15) is 14.0 Å². The third kappa shape index (κ3) is 4.33. The van der Waals surface area contributed by atoms with Gasteiger partial charge in [0.15, 0.2) is 0 Å². The highest BCUT2D eigenvalue weighted by Gasteiger charge is 2.14. The van der Waals surface area contributed by atoms with Crippen LogP contribution in [0.5, 0.6) is 0 Å². The number of aryl methyl sites for hydroxylation is 1. The third-order valence-electron chi connectivity index (χ3n) is 2.81. The summed E-state index contributed by atoms with van der Waals surface area (Å²) in [5.41, 5.74) is 6.84. The molecular formula is C13H17FN2O3. The van der Waals surface area contributed by atoms with Gasteiger partial charge in [0, 0.05) is 12.6 Å². The van der Waals surface area contributed by atoms with Crippen LogP contribution in [0.15, 0.2) is 12.1 Å². The molecule has 5 nitrogen and oxygen atoms in total. The van der Waals surface area contributed by atoms with Gasteiger partial charge in [-0.15, -0.1) is 0 Å². The molecule has 0 aliphatic heterocycles. The first kappa shape index (κ1) is 15.1. The average molecular weight is 268 g/mol. The second-order valence-corrected chi connectivity index (χ2v) is 4.41. The summed E-state index contributed by atoms with van der Waals surface area (Å²) in [5.74, 6) is -1.82. The summed E-state index contributed by atoms with van der Waals surface area (Å²) in [6.45, 7) is 2.94. The van der Waals surface area contributed by atoms with Crippen molar-refractivity contribution in [1.29, 1.82) is 0 Å². The molecule has 19 heavy (non-hydrogen) atoms. The van der Waals surface area contributed by atoms with Crippen LogP contribution >= 0.6 is 0 Å². The predicted molar refractivity (Wildman–Crippen MR) is 69.4 cm³/mol. The number of benzene rings is 1. The van der Waals surface area contributed by atoms with E-state index < -0.39 is 17.8 Å². The summed E-state index contributed by atoms with van der Waals surface area (Å²) >= 11 is 0. The number of anilines is 1. The number of carbonyl (C=O) groups excluding carboxylic acids is 1. The number of carboxylic acid groups (broad SMARTS) is 1. The van der Waals surface area contributed by atoms with Crippen molar-refractivity contribution in [2.75, 3.05) is 5.32 Å². The zero-order valence-electron chi connectivity index (χ0n) is 10.9. The largest absolute Gasteiger partial charge is 0.480 e. The molecule has 0 saturated heterocycles. The van der Waals surface area contributed by atoms with E-state index in [1.54, 1.807) is 13.0 Å². The predicted octanol–water partition coefficient (Wildman–Crippen LogP) is 1.44. The number of aliphatic carboxylic acids is 1. The Morgan fingerprint density at radius 2 is 2.11 bits per heavy atom. The van der Waals surface area contributed by atoms with Crippen LogP contribution in [0.1, 0.15) is 24.5 Å². The molecule has 0 fully saturated rings. The summed E-state index contributed by atoms with van der Waals surface area (Å²) in [6.07, 6.45) is 0.544. The Balaban J connectivity index is 2.89. The van der Waals surface area contributed by atoms with Gasteiger partial charge in [0.2, 0.25) is 5.91 Å². The van der Waals surface area contributed by atoms with Gasteiger partial charge in [-0.05, 0) is 43.0 Å². The maximum absolute atomic E-state index is 13.7. The summed E-state index contributed by atoms with van der Waals surface area (Å²) in [5, 5.41) is 11.2. The lowest BCUT2D eigenvalue weighted by atomic mass is 10.00. The van der Waals surface area contributed by atoms with Crippen molar-refractivity contribution in [3.63, 3.8) is 0 Å². The second kappa shape index (κ2) is 6.29. The minimum atomic E-state index is -1.09. The van der Waals surface area contributed by atoms with Gasteiger partial charge in [0.1, 0.15) is 11.9 Å².